The first-order valence-corrected chi connectivity index (χ1v) is 7.87. The lowest BCUT2D eigenvalue weighted by Crippen LogP contribution is -2.56. The van der Waals surface area contributed by atoms with Gasteiger partial charge < -0.3 is 10.1 Å². The fourth-order valence-corrected chi connectivity index (χ4v) is 2.94. The number of methoxy groups -OCH3 is 1. The molecule has 1 N–H and O–H groups in total. The summed E-state index contributed by atoms with van der Waals surface area (Å²) in [4.78, 5) is 2.66. The van der Waals surface area contributed by atoms with E-state index in [0.29, 0.717) is 12.1 Å². The van der Waals surface area contributed by atoms with Gasteiger partial charge in [0.15, 0.2) is 0 Å². The van der Waals surface area contributed by atoms with Gasteiger partial charge in [-0.25, -0.2) is 0 Å². The summed E-state index contributed by atoms with van der Waals surface area (Å²) in [5, 5.41) is 3.65. The summed E-state index contributed by atoms with van der Waals surface area (Å²) in [5.41, 5.74) is 1.40. The smallest absolute Gasteiger partial charge is 0.118 e. The maximum absolute atomic E-state index is 5.21. The molecule has 1 aliphatic heterocycles. The first-order valence-electron chi connectivity index (χ1n) is 7.87. The standard InChI is InChI=1S/C17H28N2O/c1-4-15-13-19(16(5-2)12-18-15)11-10-14-6-8-17(20-3)9-7-14/h6-9,15-16,18H,4-5,10-13H2,1-3H3. The Balaban J connectivity index is 1.89. The van der Waals surface area contributed by atoms with Crippen molar-refractivity contribution in [3.05, 3.63) is 29.8 Å². The lowest BCUT2D eigenvalue weighted by atomic mass is 10.0. The maximum Gasteiger partial charge on any atom is 0.118 e. The third-order valence-corrected chi connectivity index (χ3v) is 4.42. The van der Waals surface area contributed by atoms with Crippen LogP contribution >= 0.6 is 0 Å². The minimum absolute atomic E-state index is 0.661. The van der Waals surface area contributed by atoms with Crippen molar-refractivity contribution in [3.63, 3.8) is 0 Å². The van der Waals surface area contributed by atoms with Crippen LogP contribution in [0, 0.1) is 0 Å². The second kappa shape index (κ2) is 7.65. The zero-order valence-corrected chi connectivity index (χ0v) is 13.1. The molecule has 2 atom stereocenters. The molecule has 20 heavy (non-hydrogen) atoms. The maximum atomic E-state index is 5.21. The van der Waals surface area contributed by atoms with Gasteiger partial charge in [-0.3, -0.25) is 4.90 Å². The summed E-state index contributed by atoms with van der Waals surface area (Å²) in [5.74, 6) is 0.938. The van der Waals surface area contributed by atoms with E-state index in [0.717, 1.165) is 25.3 Å². The van der Waals surface area contributed by atoms with Gasteiger partial charge in [0.05, 0.1) is 7.11 Å². The van der Waals surface area contributed by atoms with Gasteiger partial charge in [0.25, 0.3) is 0 Å². The quantitative estimate of drug-likeness (QED) is 0.864. The number of ether oxygens (including phenoxy) is 1. The molecule has 112 valence electrons. The third kappa shape index (κ3) is 3.97. The summed E-state index contributed by atoms with van der Waals surface area (Å²) in [7, 11) is 1.71. The molecular weight excluding hydrogens is 248 g/mol. The number of benzene rings is 1. The van der Waals surface area contributed by atoms with E-state index in [-0.39, 0.29) is 0 Å². The van der Waals surface area contributed by atoms with Crippen LogP contribution in [0.15, 0.2) is 24.3 Å². The highest BCUT2D eigenvalue weighted by atomic mass is 16.5. The van der Waals surface area contributed by atoms with Gasteiger partial charge in [-0.15, -0.1) is 0 Å². The van der Waals surface area contributed by atoms with Gasteiger partial charge in [0.1, 0.15) is 5.75 Å². The molecule has 0 amide bonds. The number of piperazine rings is 1. The van der Waals surface area contributed by atoms with Crippen LogP contribution in [0.25, 0.3) is 0 Å². The van der Waals surface area contributed by atoms with Crippen molar-refractivity contribution < 1.29 is 4.74 Å². The van der Waals surface area contributed by atoms with E-state index >= 15 is 0 Å². The van der Waals surface area contributed by atoms with Crippen LogP contribution in [0.2, 0.25) is 0 Å². The van der Waals surface area contributed by atoms with Gasteiger partial charge in [0, 0.05) is 31.7 Å². The molecule has 1 fully saturated rings. The van der Waals surface area contributed by atoms with Gasteiger partial charge >= 0.3 is 0 Å². The van der Waals surface area contributed by atoms with Crippen LogP contribution in [0.1, 0.15) is 32.3 Å². The third-order valence-electron chi connectivity index (χ3n) is 4.42. The van der Waals surface area contributed by atoms with Crippen molar-refractivity contribution in [3.8, 4) is 5.75 Å². The molecule has 3 nitrogen and oxygen atoms in total. The predicted octanol–water partition coefficient (Wildman–Crippen LogP) is 2.70. The largest absolute Gasteiger partial charge is 0.497 e. The normalized spacial score (nSPS) is 23.8. The highest BCUT2D eigenvalue weighted by molar-refractivity contribution is 5.27. The number of hydrogen-bond acceptors (Lipinski definition) is 3. The first kappa shape index (κ1) is 15.3. The molecule has 1 saturated heterocycles. The lowest BCUT2D eigenvalue weighted by molar-refractivity contribution is 0.126. The molecule has 3 heteroatoms. The summed E-state index contributed by atoms with van der Waals surface area (Å²) in [6.07, 6.45) is 3.57. The van der Waals surface area contributed by atoms with E-state index in [1.54, 1.807) is 7.11 Å². The fraction of sp³-hybridized carbons (Fsp3) is 0.647. The van der Waals surface area contributed by atoms with E-state index in [1.165, 1.54) is 24.9 Å². The average molecular weight is 276 g/mol. The van der Waals surface area contributed by atoms with E-state index in [4.69, 9.17) is 4.74 Å². The van der Waals surface area contributed by atoms with Crippen molar-refractivity contribution in [2.75, 3.05) is 26.7 Å². The average Bonchev–Trinajstić information content (AvgIpc) is 2.53. The van der Waals surface area contributed by atoms with Gasteiger partial charge in [-0.05, 0) is 37.0 Å². The van der Waals surface area contributed by atoms with Crippen molar-refractivity contribution in [2.24, 2.45) is 0 Å². The van der Waals surface area contributed by atoms with Crippen LogP contribution in [0.4, 0.5) is 0 Å². The second-order valence-corrected chi connectivity index (χ2v) is 5.67. The summed E-state index contributed by atoms with van der Waals surface area (Å²) in [6.45, 7) is 8.04. The second-order valence-electron chi connectivity index (χ2n) is 5.67. The van der Waals surface area contributed by atoms with Gasteiger partial charge in [0.2, 0.25) is 0 Å². The van der Waals surface area contributed by atoms with Gasteiger partial charge in [-0.1, -0.05) is 26.0 Å². The van der Waals surface area contributed by atoms with E-state index in [2.05, 4.69) is 48.3 Å². The monoisotopic (exact) mass is 276 g/mol. The van der Waals surface area contributed by atoms with Crippen molar-refractivity contribution in [1.82, 2.24) is 10.2 Å². The number of rotatable bonds is 6. The Hall–Kier alpha value is -1.06. The van der Waals surface area contributed by atoms with E-state index < -0.39 is 0 Å². The Kier molecular flexibility index (Phi) is 5.86. The fourth-order valence-electron chi connectivity index (χ4n) is 2.94. The van der Waals surface area contributed by atoms with Crippen LogP contribution < -0.4 is 10.1 Å². The summed E-state index contributed by atoms with van der Waals surface area (Å²) >= 11 is 0. The zero-order chi connectivity index (χ0) is 14.4. The first-order chi connectivity index (χ1) is 9.76. The molecule has 0 aromatic heterocycles. The van der Waals surface area contributed by atoms with Crippen molar-refractivity contribution >= 4 is 0 Å². The summed E-state index contributed by atoms with van der Waals surface area (Å²) < 4.78 is 5.21. The SMILES string of the molecule is CCC1CN(CCc2ccc(OC)cc2)C(CC)CN1. The Morgan fingerprint density at radius 1 is 1.20 bits per heavy atom. The highest BCUT2D eigenvalue weighted by Gasteiger charge is 2.25. The van der Waals surface area contributed by atoms with Crippen LogP contribution in [-0.4, -0.2) is 43.7 Å². The molecule has 0 saturated carbocycles. The molecule has 1 aromatic rings. The molecule has 0 bridgehead atoms. The Morgan fingerprint density at radius 3 is 2.55 bits per heavy atom. The Bertz CT molecular complexity index is 390. The molecule has 0 aliphatic carbocycles. The van der Waals surface area contributed by atoms with Crippen molar-refractivity contribution in [2.45, 2.75) is 45.2 Å². The van der Waals surface area contributed by atoms with Crippen LogP contribution in [-0.2, 0) is 6.42 Å². The molecular formula is C17H28N2O. The number of nitrogens with zero attached hydrogens (tertiary/aromatic N) is 1. The van der Waals surface area contributed by atoms with Crippen LogP contribution in [0.3, 0.4) is 0 Å². The topological polar surface area (TPSA) is 24.5 Å². The summed E-state index contributed by atoms with van der Waals surface area (Å²) in [6, 6.07) is 9.82. The zero-order valence-electron chi connectivity index (χ0n) is 13.1. The van der Waals surface area contributed by atoms with Gasteiger partial charge in [-0.2, -0.15) is 0 Å². The molecule has 0 spiro atoms. The minimum Gasteiger partial charge on any atom is -0.497 e. The highest BCUT2D eigenvalue weighted by Crippen LogP contribution is 2.15. The molecule has 2 unspecified atom stereocenters. The van der Waals surface area contributed by atoms with E-state index in [1.807, 2.05) is 0 Å². The number of hydrogen-bond donors (Lipinski definition) is 1. The molecule has 1 aromatic carbocycles. The Morgan fingerprint density at radius 2 is 1.95 bits per heavy atom. The molecule has 1 heterocycles. The van der Waals surface area contributed by atoms with Crippen molar-refractivity contribution in [1.29, 1.82) is 0 Å². The Labute approximate surface area is 123 Å². The van der Waals surface area contributed by atoms with Crippen LogP contribution in [0.5, 0.6) is 5.75 Å². The molecule has 0 radical (unpaired) electrons. The number of nitrogens with one attached hydrogen (secondary N) is 1. The predicted molar refractivity (Wildman–Crippen MR) is 84.4 cm³/mol. The molecule has 1 aliphatic rings. The minimum atomic E-state index is 0.661. The van der Waals surface area contributed by atoms with E-state index in [9.17, 15) is 0 Å². The molecule has 2 rings (SSSR count). The lowest BCUT2D eigenvalue weighted by Gasteiger charge is -2.40.